The third-order valence-corrected chi connectivity index (χ3v) is 5.52. The molecular weight excluding hydrogens is 316 g/mol. The summed E-state index contributed by atoms with van der Waals surface area (Å²) in [6.45, 7) is 8.82. The van der Waals surface area contributed by atoms with Crippen LogP contribution in [0.2, 0.25) is 0 Å². The van der Waals surface area contributed by atoms with Crippen LogP contribution in [-0.4, -0.2) is 0 Å². The third-order valence-electron chi connectivity index (χ3n) is 5.52. The molecule has 0 saturated heterocycles. The van der Waals surface area contributed by atoms with Gasteiger partial charge in [-0.05, 0) is 65.1 Å². The molecule has 0 bridgehead atoms. The number of azo groups is 1. The molecule has 0 fully saturated rings. The van der Waals surface area contributed by atoms with Crippen molar-refractivity contribution in [3.63, 3.8) is 0 Å². The number of allylic oxidation sites excluding steroid dienone is 4. The van der Waals surface area contributed by atoms with Crippen LogP contribution in [0, 0.1) is 12.8 Å². The Morgan fingerprint density at radius 1 is 1.12 bits per heavy atom. The predicted octanol–water partition coefficient (Wildman–Crippen LogP) is 7.22. The molecule has 2 aromatic carbocycles. The Bertz CT molecular complexity index is 945. The minimum atomic E-state index is 0.213. The summed E-state index contributed by atoms with van der Waals surface area (Å²) in [4.78, 5) is 0. The molecule has 132 valence electrons. The number of hydrogen-bond donors (Lipinski definition) is 0. The minimum Gasteiger partial charge on any atom is -0.180 e. The first-order valence-electron chi connectivity index (χ1n) is 9.62. The van der Waals surface area contributed by atoms with Gasteiger partial charge in [0.1, 0.15) is 6.04 Å². The molecule has 0 radical (unpaired) electrons. The normalized spacial score (nSPS) is 18.3. The van der Waals surface area contributed by atoms with Crippen molar-refractivity contribution in [3.8, 4) is 0 Å². The fraction of sp³-hybridized carbons (Fsp3) is 0.333. The molecular formula is C24H26N2. The highest BCUT2D eigenvalue weighted by atomic mass is 15.2. The molecule has 2 aromatic rings. The summed E-state index contributed by atoms with van der Waals surface area (Å²) in [6, 6.07) is 13.7. The van der Waals surface area contributed by atoms with E-state index in [0.29, 0.717) is 5.92 Å². The smallest absolute Gasteiger partial charge is 0.101 e. The van der Waals surface area contributed by atoms with Crippen molar-refractivity contribution in [1.82, 2.24) is 0 Å². The second-order valence-electron chi connectivity index (χ2n) is 7.71. The maximum Gasteiger partial charge on any atom is 0.101 e. The van der Waals surface area contributed by atoms with Gasteiger partial charge >= 0.3 is 0 Å². The Balaban J connectivity index is 1.62. The molecule has 1 atom stereocenters. The minimum absolute atomic E-state index is 0.213. The van der Waals surface area contributed by atoms with Crippen molar-refractivity contribution < 1.29 is 0 Å². The molecule has 0 saturated carbocycles. The first-order valence-corrected chi connectivity index (χ1v) is 9.62. The zero-order valence-electron chi connectivity index (χ0n) is 16.1. The molecule has 1 heterocycles. The molecule has 1 aliphatic carbocycles. The average Bonchev–Trinajstić information content (AvgIpc) is 3.28. The van der Waals surface area contributed by atoms with Crippen LogP contribution in [-0.2, 0) is 6.42 Å². The van der Waals surface area contributed by atoms with Crippen LogP contribution < -0.4 is 0 Å². The fourth-order valence-corrected chi connectivity index (χ4v) is 3.94. The summed E-state index contributed by atoms with van der Waals surface area (Å²) in [7, 11) is 0. The summed E-state index contributed by atoms with van der Waals surface area (Å²) in [5.41, 5.74) is 10.4. The number of hydrogen-bond acceptors (Lipinski definition) is 2. The number of nitrogens with zero attached hydrogens (tertiary/aromatic N) is 2. The van der Waals surface area contributed by atoms with Gasteiger partial charge in [-0.15, -0.1) is 0 Å². The summed E-state index contributed by atoms with van der Waals surface area (Å²) in [6.07, 6.45) is 6.74. The molecule has 2 aliphatic rings. The Hall–Kier alpha value is -2.48. The van der Waals surface area contributed by atoms with Crippen LogP contribution in [0.3, 0.4) is 0 Å². The van der Waals surface area contributed by atoms with Crippen molar-refractivity contribution in [1.29, 1.82) is 0 Å². The lowest BCUT2D eigenvalue weighted by Gasteiger charge is -2.12. The Morgan fingerprint density at radius 2 is 1.96 bits per heavy atom. The van der Waals surface area contributed by atoms with E-state index in [1.807, 2.05) is 0 Å². The Labute approximate surface area is 156 Å². The van der Waals surface area contributed by atoms with Crippen LogP contribution >= 0.6 is 0 Å². The summed E-state index contributed by atoms with van der Waals surface area (Å²) >= 11 is 0. The maximum atomic E-state index is 4.45. The van der Waals surface area contributed by atoms with Gasteiger partial charge in [-0.1, -0.05) is 63.3 Å². The molecule has 1 unspecified atom stereocenters. The van der Waals surface area contributed by atoms with E-state index in [4.69, 9.17) is 0 Å². The predicted molar refractivity (Wildman–Crippen MR) is 110 cm³/mol. The van der Waals surface area contributed by atoms with Gasteiger partial charge in [0.05, 0.1) is 5.69 Å². The molecule has 4 rings (SSSR count). The van der Waals surface area contributed by atoms with Gasteiger partial charge in [-0.3, -0.25) is 0 Å². The fourth-order valence-electron chi connectivity index (χ4n) is 3.94. The van der Waals surface area contributed by atoms with Crippen LogP contribution in [0.1, 0.15) is 61.1 Å². The van der Waals surface area contributed by atoms with E-state index in [2.05, 4.69) is 86.5 Å². The van der Waals surface area contributed by atoms with E-state index in [1.54, 1.807) is 0 Å². The quantitative estimate of drug-likeness (QED) is 0.560. The standard InChI is InChI=1S/C24H26N2/c1-5-17-6-10-21(16(4)12-17)20-8-7-18(13-20)19-9-11-22-23(14-19)25-26-24(22)15(2)3/h6,8-15,24H,5,7H2,1-4H3. The Morgan fingerprint density at radius 3 is 2.69 bits per heavy atom. The second kappa shape index (κ2) is 6.68. The van der Waals surface area contributed by atoms with Crippen LogP contribution in [0.5, 0.6) is 0 Å². The monoisotopic (exact) mass is 342 g/mol. The van der Waals surface area contributed by atoms with Gasteiger partial charge in [0.25, 0.3) is 0 Å². The topological polar surface area (TPSA) is 24.7 Å². The average molecular weight is 342 g/mol. The molecule has 2 nitrogen and oxygen atoms in total. The maximum absolute atomic E-state index is 4.45. The van der Waals surface area contributed by atoms with E-state index in [1.165, 1.54) is 39.0 Å². The molecule has 1 aliphatic heterocycles. The molecule has 0 spiro atoms. The van der Waals surface area contributed by atoms with E-state index in [0.717, 1.165) is 18.5 Å². The largest absolute Gasteiger partial charge is 0.180 e. The zero-order chi connectivity index (χ0) is 18.3. The first kappa shape index (κ1) is 17.0. The first-order chi connectivity index (χ1) is 12.6. The zero-order valence-corrected chi connectivity index (χ0v) is 16.1. The highest BCUT2D eigenvalue weighted by Gasteiger charge is 2.24. The summed E-state index contributed by atoms with van der Waals surface area (Å²) in [5, 5.41) is 8.88. The molecule has 0 aromatic heterocycles. The number of aryl methyl sites for hydroxylation is 2. The van der Waals surface area contributed by atoms with Gasteiger partial charge in [0, 0.05) is 5.56 Å². The van der Waals surface area contributed by atoms with Crippen molar-refractivity contribution in [2.24, 2.45) is 16.1 Å². The van der Waals surface area contributed by atoms with Crippen LogP contribution in [0.25, 0.3) is 11.1 Å². The van der Waals surface area contributed by atoms with Crippen molar-refractivity contribution in [3.05, 3.63) is 76.4 Å². The highest BCUT2D eigenvalue weighted by Crippen LogP contribution is 2.42. The van der Waals surface area contributed by atoms with E-state index >= 15 is 0 Å². The SMILES string of the molecule is CCc1ccc(C2=CCC(c3ccc4c(c3)N=NC4C(C)C)=C2)c(C)c1. The van der Waals surface area contributed by atoms with E-state index in [9.17, 15) is 0 Å². The molecule has 0 amide bonds. The van der Waals surface area contributed by atoms with Gasteiger partial charge < -0.3 is 0 Å². The van der Waals surface area contributed by atoms with Crippen molar-refractivity contribution >= 4 is 16.8 Å². The van der Waals surface area contributed by atoms with E-state index in [-0.39, 0.29) is 6.04 Å². The van der Waals surface area contributed by atoms with Crippen molar-refractivity contribution in [2.45, 2.75) is 46.6 Å². The lowest BCUT2D eigenvalue weighted by Crippen LogP contribution is -2.00. The van der Waals surface area contributed by atoms with Crippen LogP contribution in [0.15, 0.2) is 58.8 Å². The third kappa shape index (κ3) is 2.94. The molecule has 26 heavy (non-hydrogen) atoms. The van der Waals surface area contributed by atoms with Gasteiger partial charge in [-0.25, -0.2) is 0 Å². The summed E-state index contributed by atoms with van der Waals surface area (Å²) in [5.74, 6) is 0.485. The second-order valence-corrected chi connectivity index (χ2v) is 7.71. The van der Waals surface area contributed by atoms with Gasteiger partial charge in [0.15, 0.2) is 0 Å². The number of fused-ring (bicyclic) bond motifs is 1. The lowest BCUT2D eigenvalue weighted by atomic mass is 9.94. The summed E-state index contributed by atoms with van der Waals surface area (Å²) < 4.78 is 0. The molecule has 0 N–H and O–H groups in total. The lowest BCUT2D eigenvalue weighted by molar-refractivity contribution is 0.515. The van der Waals surface area contributed by atoms with Crippen LogP contribution in [0.4, 0.5) is 5.69 Å². The van der Waals surface area contributed by atoms with Gasteiger partial charge in [-0.2, -0.15) is 10.2 Å². The molecule has 2 heteroatoms. The number of rotatable bonds is 4. The number of benzene rings is 2. The van der Waals surface area contributed by atoms with Crippen molar-refractivity contribution in [2.75, 3.05) is 0 Å². The Kier molecular flexibility index (Phi) is 4.36. The van der Waals surface area contributed by atoms with E-state index < -0.39 is 0 Å². The van der Waals surface area contributed by atoms with Gasteiger partial charge in [0.2, 0.25) is 0 Å². The highest BCUT2D eigenvalue weighted by molar-refractivity contribution is 5.90.